The lowest BCUT2D eigenvalue weighted by Crippen LogP contribution is -2.45. The zero-order chi connectivity index (χ0) is 38.2. The average Bonchev–Trinajstić information content (AvgIpc) is 3.59. The highest BCUT2D eigenvalue weighted by Gasteiger charge is 2.34. The molecule has 0 aromatic heterocycles. The Morgan fingerprint density at radius 2 is 1.46 bits per heavy atom. The van der Waals surface area contributed by atoms with Crippen molar-refractivity contribution in [1.82, 2.24) is 14.7 Å². The molecule has 1 aliphatic carbocycles. The van der Waals surface area contributed by atoms with E-state index in [9.17, 15) is 27.2 Å². The number of hydrogen-bond acceptors (Lipinski definition) is 4. The van der Waals surface area contributed by atoms with Crippen LogP contribution in [0.25, 0.3) is 11.1 Å². The minimum Gasteiger partial charge on any atom is -0.362 e. The molecular formula is C43H55F4N3O2. The molecule has 1 aliphatic rings. The van der Waals surface area contributed by atoms with Crippen LogP contribution < -0.4 is 0 Å². The number of carbonyl (C=O) groups excluding carboxylic acids is 2. The summed E-state index contributed by atoms with van der Waals surface area (Å²) in [5.74, 6) is -0.127. The summed E-state index contributed by atoms with van der Waals surface area (Å²) in [5, 5.41) is 0. The lowest BCUT2D eigenvalue weighted by molar-refractivity contribution is -0.138. The van der Waals surface area contributed by atoms with Crippen LogP contribution in [0, 0.1) is 6.92 Å². The maximum Gasteiger partial charge on any atom is 0.416 e. The summed E-state index contributed by atoms with van der Waals surface area (Å²) in [6, 6.07) is 19.6. The van der Waals surface area contributed by atoms with E-state index in [2.05, 4.69) is 18.7 Å². The molecule has 4 rings (SSSR count). The van der Waals surface area contributed by atoms with Crippen LogP contribution in [0.1, 0.15) is 95.0 Å². The molecule has 9 heteroatoms. The van der Waals surface area contributed by atoms with Crippen molar-refractivity contribution in [3.8, 4) is 11.1 Å². The first kappa shape index (κ1) is 40.8. The Bertz CT molecular complexity index is 1690. The van der Waals surface area contributed by atoms with Crippen molar-refractivity contribution in [1.29, 1.82) is 0 Å². The summed E-state index contributed by atoms with van der Waals surface area (Å²) >= 11 is 0. The third kappa shape index (κ3) is 10.8. The molecule has 0 fully saturated rings. The van der Waals surface area contributed by atoms with Crippen LogP contribution in [-0.4, -0.2) is 65.2 Å². The van der Waals surface area contributed by atoms with Gasteiger partial charge >= 0.3 is 6.18 Å². The number of aryl methyl sites for hydroxylation is 2. The largest absolute Gasteiger partial charge is 0.416 e. The topological polar surface area (TPSA) is 43.9 Å². The molecule has 1 amide bonds. The lowest BCUT2D eigenvalue weighted by atomic mass is 9.96. The van der Waals surface area contributed by atoms with Crippen molar-refractivity contribution < 1.29 is 27.2 Å². The van der Waals surface area contributed by atoms with E-state index in [4.69, 9.17) is 0 Å². The zero-order valence-electron chi connectivity index (χ0n) is 31.9. The van der Waals surface area contributed by atoms with E-state index in [1.54, 1.807) is 38.1 Å². The molecule has 3 aromatic carbocycles. The van der Waals surface area contributed by atoms with Gasteiger partial charge in [0.25, 0.3) is 0 Å². The van der Waals surface area contributed by atoms with E-state index in [-0.39, 0.29) is 36.3 Å². The minimum absolute atomic E-state index is 0.0287. The Morgan fingerprint density at radius 3 is 2.02 bits per heavy atom. The molecule has 0 N–H and O–H groups in total. The number of rotatable bonds is 17. The van der Waals surface area contributed by atoms with Crippen LogP contribution >= 0.6 is 0 Å². The number of allylic oxidation sites excluding steroid dienone is 2. The number of amides is 1. The summed E-state index contributed by atoms with van der Waals surface area (Å²) in [6.07, 6.45) is -1.81. The van der Waals surface area contributed by atoms with Crippen molar-refractivity contribution in [3.63, 3.8) is 0 Å². The van der Waals surface area contributed by atoms with Crippen LogP contribution in [0.2, 0.25) is 0 Å². The number of halogens is 4. The van der Waals surface area contributed by atoms with E-state index in [1.807, 2.05) is 53.1 Å². The van der Waals surface area contributed by atoms with Crippen LogP contribution in [0.15, 0.2) is 78.0 Å². The third-order valence-corrected chi connectivity index (χ3v) is 10.4. The number of Topliss-reactive ketones (excluding diaryl/α,β-unsaturated/α-hetero) is 1. The second-order valence-electron chi connectivity index (χ2n) is 14.6. The van der Waals surface area contributed by atoms with E-state index < -0.39 is 17.4 Å². The van der Waals surface area contributed by atoms with Crippen molar-refractivity contribution in [2.45, 2.75) is 105 Å². The summed E-state index contributed by atoms with van der Waals surface area (Å²) < 4.78 is 56.3. The van der Waals surface area contributed by atoms with Gasteiger partial charge in [-0.3, -0.25) is 9.59 Å². The first-order valence-corrected chi connectivity index (χ1v) is 18.6. The van der Waals surface area contributed by atoms with Gasteiger partial charge in [0.15, 0.2) is 5.78 Å². The monoisotopic (exact) mass is 721 g/mol. The number of likely N-dealkylation sites (N-methyl/N-ethyl adjacent to an activating group) is 1. The predicted molar refractivity (Wildman–Crippen MR) is 201 cm³/mol. The highest BCUT2D eigenvalue weighted by Crippen LogP contribution is 2.35. The van der Waals surface area contributed by atoms with Gasteiger partial charge in [-0.05, 0) is 114 Å². The molecule has 0 spiro atoms. The van der Waals surface area contributed by atoms with E-state index in [0.717, 1.165) is 41.9 Å². The van der Waals surface area contributed by atoms with Gasteiger partial charge in [-0.15, -0.1) is 0 Å². The maximum atomic E-state index is 14.4. The lowest BCUT2D eigenvalue weighted by Gasteiger charge is -2.35. The average molecular weight is 722 g/mol. The first-order chi connectivity index (χ1) is 24.5. The Labute approximate surface area is 307 Å². The van der Waals surface area contributed by atoms with Crippen molar-refractivity contribution in [2.75, 3.05) is 32.7 Å². The molecular weight excluding hydrogens is 666 g/mol. The van der Waals surface area contributed by atoms with Gasteiger partial charge in [0, 0.05) is 36.9 Å². The first-order valence-electron chi connectivity index (χ1n) is 18.6. The smallest absolute Gasteiger partial charge is 0.362 e. The maximum absolute atomic E-state index is 14.4. The van der Waals surface area contributed by atoms with Gasteiger partial charge in [0.2, 0.25) is 5.91 Å². The molecule has 3 aromatic rings. The minimum atomic E-state index is -4.46. The van der Waals surface area contributed by atoms with Crippen molar-refractivity contribution >= 4 is 11.7 Å². The molecule has 0 heterocycles. The number of carbonyl (C=O) groups is 2. The molecule has 1 unspecified atom stereocenters. The van der Waals surface area contributed by atoms with Gasteiger partial charge in [-0.1, -0.05) is 80.1 Å². The summed E-state index contributed by atoms with van der Waals surface area (Å²) in [5.41, 5.74) is 3.81. The second-order valence-corrected chi connectivity index (χ2v) is 14.6. The SMILES string of the molecule is CCN(CC)CCN(Cc1ccc(-c2ccc(C(C)(C)F)cc2)cc1)C(=O)CN(C1=C(C(C)=O)CCC1)C(C)CCc1ccc(C)cc1C(F)(F)F. The summed E-state index contributed by atoms with van der Waals surface area (Å²) in [7, 11) is 0. The van der Waals surface area contributed by atoms with Gasteiger partial charge in [-0.25, -0.2) is 4.39 Å². The second kappa shape index (κ2) is 17.7. The fourth-order valence-corrected chi connectivity index (χ4v) is 7.06. The summed E-state index contributed by atoms with van der Waals surface area (Å²) in [4.78, 5) is 33.2. The highest BCUT2D eigenvalue weighted by atomic mass is 19.4. The molecule has 0 radical (unpaired) electrons. The molecule has 52 heavy (non-hydrogen) atoms. The number of benzene rings is 3. The van der Waals surface area contributed by atoms with Gasteiger partial charge in [0.1, 0.15) is 5.67 Å². The van der Waals surface area contributed by atoms with E-state index in [1.165, 1.54) is 19.9 Å². The summed E-state index contributed by atoms with van der Waals surface area (Å²) in [6.45, 7) is 15.7. The molecule has 0 saturated carbocycles. The molecule has 5 nitrogen and oxygen atoms in total. The van der Waals surface area contributed by atoms with Crippen LogP contribution in [0.5, 0.6) is 0 Å². The normalized spacial score (nSPS) is 14.2. The quantitative estimate of drug-likeness (QED) is 0.130. The highest BCUT2D eigenvalue weighted by molar-refractivity contribution is 5.94. The van der Waals surface area contributed by atoms with Crippen LogP contribution in [0.4, 0.5) is 17.6 Å². The Morgan fingerprint density at radius 1 is 0.846 bits per heavy atom. The standard InChI is InChI=1S/C43H55F4N3O2/c1-8-48(9-2)25-26-49(28-33-15-19-34(20-16-33)35-21-23-37(24-22-35)42(6,7)44)41(52)29-50(40-12-10-11-38(40)32(5)51)31(4)14-18-36-17-13-30(3)27-39(36)43(45,46)47/h13,15-17,19-24,27,31H,8-12,14,18,25-26,28-29H2,1-7H3. The van der Waals surface area contributed by atoms with Crippen LogP contribution in [-0.2, 0) is 34.4 Å². The third-order valence-electron chi connectivity index (χ3n) is 10.4. The van der Waals surface area contributed by atoms with E-state index >= 15 is 0 Å². The number of ketones is 1. The van der Waals surface area contributed by atoms with Gasteiger partial charge in [0.05, 0.1) is 12.1 Å². The fraction of sp³-hybridized carbons (Fsp3) is 0.488. The fourth-order valence-electron chi connectivity index (χ4n) is 7.06. The van der Waals surface area contributed by atoms with Gasteiger partial charge in [-0.2, -0.15) is 13.2 Å². The number of nitrogens with zero attached hydrogens (tertiary/aromatic N) is 3. The van der Waals surface area contributed by atoms with Crippen molar-refractivity contribution in [3.05, 3.63) is 106 Å². The number of alkyl halides is 4. The zero-order valence-corrected chi connectivity index (χ0v) is 31.9. The molecule has 282 valence electrons. The number of hydrogen-bond donors (Lipinski definition) is 0. The molecule has 1 atom stereocenters. The Kier molecular flexibility index (Phi) is 13.9. The van der Waals surface area contributed by atoms with Crippen molar-refractivity contribution in [2.24, 2.45) is 0 Å². The van der Waals surface area contributed by atoms with Gasteiger partial charge < -0.3 is 14.7 Å². The molecule has 0 saturated heterocycles. The Balaban J connectivity index is 1.59. The Hall–Kier alpha value is -3.98. The predicted octanol–water partition coefficient (Wildman–Crippen LogP) is 9.91. The van der Waals surface area contributed by atoms with E-state index in [0.29, 0.717) is 55.6 Å². The molecule has 0 aliphatic heterocycles. The molecule has 0 bridgehead atoms. The van der Waals surface area contributed by atoms with Crippen LogP contribution in [0.3, 0.4) is 0 Å².